The fraction of sp³-hybridized carbons (Fsp3) is 0.500. The summed E-state index contributed by atoms with van der Waals surface area (Å²) >= 11 is 5.93. The van der Waals surface area contributed by atoms with Crippen molar-refractivity contribution < 1.29 is 4.74 Å². The Balaban J connectivity index is 2.28. The Morgan fingerprint density at radius 1 is 1.54 bits per heavy atom. The van der Waals surface area contributed by atoms with Crippen LogP contribution in [0.1, 0.15) is 6.42 Å². The van der Waals surface area contributed by atoms with Crippen LogP contribution in [0.15, 0.2) is 22.9 Å². The number of hydrogen-bond donors (Lipinski definition) is 0. The fourth-order valence-corrected chi connectivity index (χ4v) is 1.19. The second-order valence-electron chi connectivity index (χ2n) is 3.21. The molecule has 0 N–H and O–H groups in total. The van der Waals surface area contributed by atoms with Crippen LogP contribution in [0.3, 0.4) is 0 Å². The average molecular weight is 201 g/mol. The molecule has 0 saturated heterocycles. The zero-order valence-electron chi connectivity index (χ0n) is 8.09. The molecule has 0 saturated carbocycles. The maximum atomic E-state index is 5.93. The maximum absolute atomic E-state index is 5.93. The molecule has 0 aliphatic heterocycles. The van der Waals surface area contributed by atoms with Crippen molar-refractivity contribution in [3.05, 3.63) is 29.4 Å². The third-order valence-corrected chi connectivity index (χ3v) is 2.07. The minimum absolute atomic E-state index is 0.677. The highest BCUT2D eigenvalue weighted by molar-refractivity contribution is 6.31. The van der Waals surface area contributed by atoms with Crippen LogP contribution in [0.25, 0.3) is 0 Å². The standard InChI is InChI=1S/C10H15ClNO/c1-12(2)7-8-13-10-6-4-3-5-9(10)11/h4-6H,3,7-8H2,1-2H3. The highest BCUT2D eigenvalue weighted by atomic mass is 35.5. The zero-order chi connectivity index (χ0) is 9.68. The summed E-state index contributed by atoms with van der Waals surface area (Å²) in [4.78, 5) is 2.07. The largest absolute Gasteiger partial charge is 0.491 e. The summed E-state index contributed by atoms with van der Waals surface area (Å²) in [6.07, 6.45) is 6.82. The Morgan fingerprint density at radius 3 is 2.92 bits per heavy atom. The number of hydrogen-bond acceptors (Lipinski definition) is 2. The molecule has 0 spiro atoms. The molecule has 0 unspecified atom stereocenters. The predicted molar refractivity (Wildman–Crippen MR) is 55.4 cm³/mol. The summed E-state index contributed by atoms with van der Waals surface area (Å²) in [5, 5.41) is 0.723. The minimum Gasteiger partial charge on any atom is -0.491 e. The number of likely N-dealkylation sites (N-methyl/N-ethyl adjacent to an activating group) is 1. The van der Waals surface area contributed by atoms with Gasteiger partial charge in [-0.25, -0.2) is 0 Å². The molecule has 0 atom stereocenters. The average Bonchev–Trinajstić information content (AvgIpc) is 2.08. The lowest BCUT2D eigenvalue weighted by molar-refractivity contribution is 0.191. The lowest BCUT2D eigenvalue weighted by Gasteiger charge is -2.15. The highest BCUT2D eigenvalue weighted by Gasteiger charge is 2.07. The van der Waals surface area contributed by atoms with Crippen LogP contribution in [0.2, 0.25) is 0 Å². The summed E-state index contributed by atoms with van der Waals surface area (Å²) in [5.41, 5.74) is 0. The zero-order valence-corrected chi connectivity index (χ0v) is 8.84. The van der Waals surface area contributed by atoms with E-state index in [4.69, 9.17) is 16.3 Å². The number of rotatable bonds is 4. The van der Waals surface area contributed by atoms with Gasteiger partial charge in [0.1, 0.15) is 12.4 Å². The van der Waals surface area contributed by atoms with Gasteiger partial charge in [-0.05, 0) is 33.0 Å². The first kappa shape index (κ1) is 10.6. The maximum Gasteiger partial charge on any atom is 0.133 e. The predicted octanol–water partition coefficient (Wildman–Crippen LogP) is 2.18. The molecule has 0 aromatic rings. The van der Waals surface area contributed by atoms with E-state index >= 15 is 0 Å². The third-order valence-electron chi connectivity index (χ3n) is 1.73. The van der Waals surface area contributed by atoms with Crippen molar-refractivity contribution in [3.8, 4) is 0 Å². The minimum atomic E-state index is 0.677. The normalized spacial score (nSPS) is 16.9. The van der Waals surface area contributed by atoms with E-state index in [9.17, 15) is 0 Å². The molecule has 2 nitrogen and oxygen atoms in total. The van der Waals surface area contributed by atoms with E-state index in [1.807, 2.05) is 32.7 Å². The molecule has 1 rings (SSSR count). The SMILES string of the molecule is CN(C)CCOC1=C[CH]CC=C1Cl. The molecule has 13 heavy (non-hydrogen) atoms. The van der Waals surface area contributed by atoms with Crippen LogP contribution < -0.4 is 0 Å². The van der Waals surface area contributed by atoms with Crippen LogP contribution in [0.4, 0.5) is 0 Å². The number of halogens is 1. The van der Waals surface area contributed by atoms with Crippen LogP contribution in [0, 0.1) is 6.42 Å². The molecule has 0 heterocycles. The second kappa shape index (κ2) is 5.30. The first-order chi connectivity index (χ1) is 6.20. The molecular weight excluding hydrogens is 186 g/mol. The van der Waals surface area contributed by atoms with E-state index in [2.05, 4.69) is 4.90 Å². The topological polar surface area (TPSA) is 12.5 Å². The molecule has 1 aliphatic carbocycles. The Bertz CT molecular complexity index is 221. The molecule has 1 radical (unpaired) electrons. The van der Waals surface area contributed by atoms with Gasteiger partial charge in [-0.1, -0.05) is 17.7 Å². The van der Waals surface area contributed by atoms with Crippen molar-refractivity contribution in [2.45, 2.75) is 6.42 Å². The van der Waals surface area contributed by atoms with E-state index < -0.39 is 0 Å². The number of nitrogens with zero attached hydrogens (tertiary/aromatic N) is 1. The lowest BCUT2D eigenvalue weighted by Crippen LogP contribution is -2.18. The first-order valence-electron chi connectivity index (χ1n) is 4.37. The van der Waals surface area contributed by atoms with E-state index in [1.54, 1.807) is 0 Å². The Morgan fingerprint density at radius 2 is 2.31 bits per heavy atom. The monoisotopic (exact) mass is 200 g/mol. The smallest absolute Gasteiger partial charge is 0.133 e. The highest BCUT2D eigenvalue weighted by Crippen LogP contribution is 2.22. The van der Waals surface area contributed by atoms with Gasteiger partial charge < -0.3 is 9.64 Å². The van der Waals surface area contributed by atoms with Gasteiger partial charge in [0.15, 0.2) is 0 Å². The summed E-state index contributed by atoms with van der Waals surface area (Å²) in [5.74, 6) is 0.787. The molecule has 0 fully saturated rings. The van der Waals surface area contributed by atoms with E-state index in [0.29, 0.717) is 6.61 Å². The number of allylic oxidation sites excluding steroid dienone is 3. The molecule has 0 aromatic heterocycles. The lowest BCUT2D eigenvalue weighted by atomic mass is 10.2. The molecule has 0 bridgehead atoms. The molecule has 3 heteroatoms. The summed E-state index contributed by atoms with van der Waals surface area (Å²) in [6.45, 7) is 1.58. The van der Waals surface area contributed by atoms with Gasteiger partial charge >= 0.3 is 0 Å². The molecular formula is C10H15ClNO. The van der Waals surface area contributed by atoms with Gasteiger partial charge in [0.2, 0.25) is 0 Å². The Labute approximate surface area is 84.8 Å². The van der Waals surface area contributed by atoms with E-state index in [-0.39, 0.29) is 0 Å². The third kappa shape index (κ3) is 3.83. The summed E-state index contributed by atoms with van der Waals surface area (Å²) in [7, 11) is 4.03. The Hall–Kier alpha value is -0.470. The van der Waals surface area contributed by atoms with Gasteiger partial charge in [0.25, 0.3) is 0 Å². The van der Waals surface area contributed by atoms with Crippen molar-refractivity contribution in [2.75, 3.05) is 27.2 Å². The van der Waals surface area contributed by atoms with Crippen molar-refractivity contribution >= 4 is 11.6 Å². The first-order valence-corrected chi connectivity index (χ1v) is 4.75. The van der Waals surface area contributed by atoms with Crippen molar-refractivity contribution in [3.63, 3.8) is 0 Å². The van der Waals surface area contributed by atoms with Gasteiger partial charge in [-0.3, -0.25) is 0 Å². The van der Waals surface area contributed by atoms with Crippen LogP contribution in [0.5, 0.6) is 0 Å². The van der Waals surface area contributed by atoms with Crippen LogP contribution in [-0.4, -0.2) is 32.1 Å². The van der Waals surface area contributed by atoms with Gasteiger partial charge in [0.05, 0.1) is 5.03 Å². The van der Waals surface area contributed by atoms with E-state index in [0.717, 1.165) is 23.8 Å². The second-order valence-corrected chi connectivity index (χ2v) is 3.61. The van der Waals surface area contributed by atoms with Crippen molar-refractivity contribution in [1.82, 2.24) is 4.90 Å². The Kier molecular flexibility index (Phi) is 4.33. The summed E-state index contributed by atoms with van der Waals surface area (Å²) in [6, 6.07) is 0. The molecule has 0 amide bonds. The van der Waals surface area contributed by atoms with Crippen molar-refractivity contribution in [2.24, 2.45) is 0 Å². The number of ether oxygens (including phenoxy) is 1. The van der Waals surface area contributed by atoms with Crippen molar-refractivity contribution in [1.29, 1.82) is 0 Å². The van der Waals surface area contributed by atoms with Crippen LogP contribution in [-0.2, 0) is 4.74 Å². The van der Waals surface area contributed by atoms with Crippen LogP contribution >= 0.6 is 11.6 Å². The van der Waals surface area contributed by atoms with Gasteiger partial charge in [0, 0.05) is 6.54 Å². The van der Waals surface area contributed by atoms with Gasteiger partial charge in [-0.2, -0.15) is 0 Å². The quantitative estimate of drug-likeness (QED) is 0.690. The summed E-state index contributed by atoms with van der Waals surface area (Å²) < 4.78 is 5.49. The van der Waals surface area contributed by atoms with Gasteiger partial charge in [-0.15, -0.1) is 0 Å². The molecule has 1 aliphatic rings. The molecule has 73 valence electrons. The fourth-order valence-electron chi connectivity index (χ4n) is 0.982. The van der Waals surface area contributed by atoms with E-state index in [1.165, 1.54) is 0 Å². The molecule has 0 aromatic carbocycles.